The first-order valence-electron chi connectivity index (χ1n) is 9.87. The number of amides is 2. The summed E-state index contributed by atoms with van der Waals surface area (Å²) in [6.07, 6.45) is 1.99. The molecule has 9 nitrogen and oxygen atoms in total. The summed E-state index contributed by atoms with van der Waals surface area (Å²) in [6, 6.07) is 4.69. The Hall–Kier alpha value is -2.34. The van der Waals surface area contributed by atoms with E-state index in [4.69, 9.17) is 0 Å². The van der Waals surface area contributed by atoms with Crippen LogP contribution < -0.4 is 10.8 Å². The third kappa shape index (κ3) is 6.10. The Kier molecular flexibility index (Phi) is 8.69. The smallest absolute Gasteiger partial charge is 0.267 e. The molecule has 0 saturated carbocycles. The number of hydrogen-bond donors (Lipinski definition) is 3. The molecule has 0 bridgehead atoms. The molecule has 11 heteroatoms. The molecule has 2 amide bonds. The summed E-state index contributed by atoms with van der Waals surface area (Å²) < 4.78 is 28.0. The summed E-state index contributed by atoms with van der Waals surface area (Å²) in [6.45, 7) is 7.43. The predicted molar refractivity (Wildman–Crippen MR) is 118 cm³/mol. The highest BCUT2D eigenvalue weighted by molar-refractivity contribution is 7.89. The summed E-state index contributed by atoms with van der Waals surface area (Å²) >= 11 is 1.20. The van der Waals surface area contributed by atoms with Crippen LogP contribution in [0.1, 0.15) is 43.8 Å². The van der Waals surface area contributed by atoms with Crippen molar-refractivity contribution in [3.05, 3.63) is 40.8 Å². The number of aromatic nitrogens is 1. The lowest BCUT2D eigenvalue weighted by Gasteiger charge is -2.34. The molecule has 0 spiro atoms. The first-order valence-corrected chi connectivity index (χ1v) is 12.2. The first-order chi connectivity index (χ1) is 14.6. The van der Waals surface area contributed by atoms with Crippen LogP contribution in [0.4, 0.5) is 5.69 Å². The second kappa shape index (κ2) is 10.8. The van der Waals surface area contributed by atoms with Crippen LogP contribution in [0.25, 0.3) is 0 Å². The number of nitrogens with zero attached hydrogens (tertiary/aromatic N) is 2. The van der Waals surface area contributed by atoms with E-state index in [2.05, 4.69) is 10.3 Å². The van der Waals surface area contributed by atoms with E-state index in [1.807, 2.05) is 20.8 Å². The zero-order valence-electron chi connectivity index (χ0n) is 17.9. The number of hydroxylamine groups is 1. The lowest BCUT2D eigenvalue weighted by atomic mass is 9.98. The van der Waals surface area contributed by atoms with Crippen molar-refractivity contribution in [2.24, 2.45) is 11.8 Å². The van der Waals surface area contributed by atoms with Crippen LogP contribution in [0.5, 0.6) is 0 Å². The van der Waals surface area contributed by atoms with Crippen LogP contribution in [0.3, 0.4) is 0 Å². The molecule has 0 saturated heterocycles. The summed E-state index contributed by atoms with van der Waals surface area (Å²) in [7, 11) is -4.05. The van der Waals surface area contributed by atoms with Gasteiger partial charge in [0.15, 0.2) is 0 Å². The standard InChI is InChI=1S/C20H28N4O5S2/c1-5-14(4)18(20(26)23-27)24(11-13(2)3)31(28,29)16-8-6-15(7-9-16)22-19(25)17-10-21-12-30-17/h6-10,12-14,18,27H,5,11H2,1-4H3,(H,22,25)(H,23,26). The molecule has 3 N–H and O–H groups in total. The van der Waals surface area contributed by atoms with Gasteiger partial charge in [0.05, 0.1) is 16.6 Å². The lowest BCUT2D eigenvalue weighted by molar-refractivity contribution is -0.135. The minimum absolute atomic E-state index is 0.0111. The number of nitrogens with one attached hydrogen (secondary N) is 2. The maximum absolute atomic E-state index is 13.4. The Balaban J connectivity index is 2.35. The molecule has 0 fully saturated rings. The quantitative estimate of drug-likeness (QED) is 0.363. The molecule has 1 aromatic heterocycles. The molecule has 2 aromatic rings. The normalized spacial score (nSPS) is 13.8. The lowest BCUT2D eigenvalue weighted by Crippen LogP contribution is -2.53. The topological polar surface area (TPSA) is 129 Å². The zero-order chi connectivity index (χ0) is 23.2. The molecule has 0 aliphatic carbocycles. The highest BCUT2D eigenvalue weighted by atomic mass is 32.2. The van der Waals surface area contributed by atoms with Gasteiger partial charge >= 0.3 is 0 Å². The fraction of sp³-hybridized carbons (Fsp3) is 0.450. The van der Waals surface area contributed by atoms with Gasteiger partial charge in [0.1, 0.15) is 10.9 Å². The number of carbonyl (C=O) groups is 2. The van der Waals surface area contributed by atoms with Gasteiger partial charge in [0.25, 0.3) is 11.8 Å². The van der Waals surface area contributed by atoms with Crippen LogP contribution >= 0.6 is 11.3 Å². The van der Waals surface area contributed by atoms with Gasteiger partial charge in [-0.3, -0.25) is 19.8 Å². The van der Waals surface area contributed by atoms with Gasteiger partial charge in [-0.2, -0.15) is 4.31 Å². The summed E-state index contributed by atoms with van der Waals surface area (Å²) in [5.41, 5.74) is 3.58. The van der Waals surface area contributed by atoms with Gasteiger partial charge in [-0.25, -0.2) is 13.9 Å². The molecule has 0 aliphatic heterocycles. The molecular formula is C20H28N4O5S2. The van der Waals surface area contributed by atoms with Gasteiger partial charge in [-0.1, -0.05) is 34.1 Å². The molecule has 1 heterocycles. The second-order valence-corrected chi connectivity index (χ2v) is 10.4. The van der Waals surface area contributed by atoms with Gasteiger partial charge in [0, 0.05) is 12.2 Å². The molecule has 0 aliphatic rings. The third-order valence-corrected chi connectivity index (χ3v) is 7.43. The average molecular weight is 469 g/mol. The number of carbonyl (C=O) groups excluding carboxylic acids is 2. The highest BCUT2D eigenvalue weighted by Gasteiger charge is 2.39. The van der Waals surface area contributed by atoms with Crippen LogP contribution in [0.2, 0.25) is 0 Å². The van der Waals surface area contributed by atoms with Gasteiger partial charge in [-0.05, 0) is 36.1 Å². The van der Waals surface area contributed by atoms with E-state index in [-0.39, 0.29) is 29.2 Å². The van der Waals surface area contributed by atoms with Gasteiger partial charge in [0.2, 0.25) is 10.0 Å². The number of benzene rings is 1. The van der Waals surface area contributed by atoms with Crippen LogP contribution in [0.15, 0.2) is 40.9 Å². The number of hydrogen-bond acceptors (Lipinski definition) is 7. The van der Waals surface area contributed by atoms with E-state index < -0.39 is 22.0 Å². The second-order valence-electron chi connectivity index (χ2n) is 7.62. The molecule has 2 unspecified atom stereocenters. The Morgan fingerprint density at radius 1 is 1.19 bits per heavy atom. The Labute approximate surface area is 186 Å². The number of rotatable bonds is 10. The monoisotopic (exact) mass is 468 g/mol. The van der Waals surface area contributed by atoms with E-state index in [0.29, 0.717) is 17.0 Å². The molecule has 1 aromatic carbocycles. The summed E-state index contributed by atoms with van der Waals surface area (Å²) in [4.78, 5) is 28.8. The van der Waals surface area contributed by atoms with Crippen LogP contribution in [0, 0.1) is 11.8 Å². The fourth-order valence-electron chi connectivity index (χ4n) is 3.05. The van der Waals surface area contributed by atoms with Crippen molar-refractivity contribution in [2.75, 3.05) is 11.9 Å². The van der Waals surface area contributed by atoms with Crippen molar-refractivity contribution in [1.82, 2.24) is 14.8 Å². The molecule has 2 atom stereocenters. The minimum atomic E-state index is -4.05. The Morgan fingerprint density at radius 3 is 2.32 bits per heavy atom. The SMILES string of the molecule is CCC(C)C(C(=O)NO)N(CC(C)C)S(=O)(=O)c1ccc(NC(=O)c2cncs2)cc1. The average Bonchev–Trinajstić information content (AvgIpc) is 3.28. The van der Waals surface area contributed by atoms with Crippen molar-refractivity contribution in [3.63, 3.8) is 0 Å². The number of thiazole rings is 1. The van der Waals surface area contributed by atoms with Crippen molar-refractivity contribution < 1.29 is 23.2 Å². The molecule has 31 heavy (non-hydrogen) atoms. The van der Waals surface area contributed by atoms with E-state index in [0.717, 1.165) is 4.31 Å². The number of anilines is 1. The Bertz CT molecular complexity index is 976. The van der Waals surface area contributed by atoms with E-state index in [1.54, 1.807) is 17.9 Å². The number of sulfonamides is 1. The van der Waals surface area contributed by atoms with Gasteiger partial charge < -0.3 is 5.32 Å². The van der Waals surface area contributed by atoms with Crippen molar-refractivity contribution in [3.8, 4) is 0 Å². The third-order valence-electron chi connectivity index (χ3n) is 4.79. The predicted octanol–water partition coefficient (Wildman–Crippen LogP) is 2.96. The maximum atomic E-state index is 13.4. The molecule has 2 rings (SSSR count). The van der Waals surface area contributed by atoms with Crippen molar-refractivity contribution in [1.29, 1.82) is 0 Å². The minimum Gasteiger partial charge on any atom is -0.321 e. The molecule has 0 radical (unpaired) electrons. The summed E-state index contributed by atoms with van der Waals surface area (Å²) in [5, 5.41) is 11.9. The first kappa shape index (κ1) is 24.9. The molecule has 170 valence electrons. The van der Waals surface area contributed by atoms with Gasteiger partial charge in [-0.15, -0.1) is 11.3 Å². The van der Waals surface area contributed by atoms with E-state index >= 15 is 0 Å². The highest BCUT2D eigenvalue weighted by Crippen LogP contribution is 2.26. The van der Waals surface area contributed by atoms with E-state index in [9.17, 15) is 23.2 Å². The largest absolute Gasteiger partial charge is 0.321 e. The fourth-order valence-corrected chi connectivity index (χ4v) is 5.41. The maximum Gasteiger partial charge on any atom is 0.267 e. The van der Waals surface area contributed by atoms with E-state index in [1.165, 1.54) is 41.8 Å². The van der Waals surface area contributed by atoms with Crippen LogP contribution in [-0.4, -0.2) is 47.3 Å². The molecular weight excluding hydrogens is 440 g/mol. The van der Waals surface area contributed by atoms with Crippen molar-refractivity contribution >= 4 is 38.9 Å². The summed E-state index contributed by atoms with van der Waals surface area (Å²) in [5.74, 6) is -1.48. The van der Waals surface area contributed by atoms with Crippen molar-refractivity contribution in [2.45, 2.75) is 45.1 Å². The zero-order valence-corrected chi connectivity index (χ0v) is 19.5. The van der Waals surface area contributed by atoms with Crippen LogP contribution in [-0.2, 0) is 14.8 Å². The Morgan fingerprint density at radius 2 is 1.84 bits per heavy atom.